The summed E-state index contributed by atoms with van der Waals surface area (Å²) < 4.78 is 0. The summed E-state index contributed by atoms with van der Waals surface area (Å²) in [5.41, 5.74) is 2.39. The summed E-state index contributed by atoms with van der Waals surface area (Å²) in [5.74, 6) is 0.150. The molecule has 2 nitrogen and oxygen atoms in total. The van der Waals surface area contributed by atoms with E-state index in [2.05, 4.69) is 6.07 Å². The lowest BCUT2D eigenvalue weighted by Crippen LogP contribution is -2.18. The van der Waals surface area contributed by atoms with Crippen molar-refractivity contribution in [3.05, 3.63) is 35.4 Å². The standard InChI is InChI=1S/C11H12O2/c12-9-5-8-6-3-1-2-4-7(6)10(9)11(8)13/h1-4,8-13H,5H2/t8-,9+,10-,11-/m1/s1. The quantitative estimate of drug-likeness (QED) is 0.619. The van der Waals surface area contributed by atoms with Crippen LogP contribution >= 0.6 is 0 Å². The molecule has 2 aliphatic carbocycles. The zero-order valence-corrected chi connectivity index (χ0v) is 7.22. The summed E-state index contributed by atoms with van der Waals surface area (Å²) in [6.45, 7) is 0. The van der Waals surface area contributed by atoms with E-state index in [1.165, 1.54) is 5.56 Å². The van der Waals surface area contributed by atoms with Crippen LogP contribution in [0, 0.1) is 0 Å². The second-order valence-electron chi connectivity index (χ2n) is 4.05. The number of fused-ring (bicyclic) bond motifs is 5. The zero-order chi connectivity index (χ0) is 9.00. The molecule has 3 rings (SSSR count). The Morgan fingerprint density at radius 2 is 1.77 bits per heavy atom. The van der Waals surface area contributed by atoms with Gasteiger partial charge in [0.15, 0.2) is 0 Å². The third-order valence-corrected chi connectivity index (χ3v) is 3.44. The van der Waals surface area contributed by atoms with E-state index >= 15 is 0 Å². The van der Waals surface area contributed by atoms with Gasteiger partial charge < -0.3 is 10.2 Å². The molecular weight excluding hydrogens is 164 g/mol. The second kappa shape index (κ2) is 2.34. The third kappa shape index (κ3) is 0.798. The van der Waals surface area contributed by atoms with Crippen molar-refractivity contribution in [3.63, 3.8) is 0 Å². The van der Waals surface area contributed by atoms with Crippen LogP contribution in [-0.4, -0.2) is 22.4 Å². The minimum absolute atomic E-state index is 0.0267. The molecule has 2 N–H and O–H groups in total. The molecule has 0 aliphatic heterocycles. The SMILES string of the molecule is O[C@H]1[C@@H]2c3ccccc3[C@H]1C[C@@H]2O. The molecule has 4 atom stereocenters. The molecule has 2 bridgehead atoms. The maximum atomic E-state index is 9.86. The molecule has 2 heteroatoms. The van der Waals surface area contributed by atoms with Gasteiger partial charge in [-0.3, -0.25) is 0 Å². The molecule has 2 aliphatic rings. The average molecular weight is 176 g/mol. The molecule has 0 radical (unpaired) electrons. The number of rotatable bonds is 0. The Morgan fingerprint density at radius 3 is 2.54 bits per heavy atom. The van der Waals surface area contributed by atoms with Crippen LogP contribution in [0.25, 0.3) is 0 Å². The van der Waals surface area contributed by atoms with Crippen molar-refractivity contribution in [2.45, 2.75) is 30.5 Å². The topological polar surface area (TPSA) is 40.5 Å². The zero-order valence-electron chi connectivity index (χ0n) is 7.22. The fourth-order valence-electron chi connectivity index (χ4n) is 2.88. The highest BCUT2D eigenvalue weighted by Gasteiger charge is 2.50. The monoisotopic (exact) mass is 176 g/mol. The smallest absolute Gasteiger partial charge is 0.0703 e. The number of hydrogen-bond donors (Lipinski definition) is 2. The second-order valence-corrected chi connectivity index (χ2v) is 4.05. The van der Waals surface area contributed by atoms with E-state index in [-0.39, 0.29) is 24.0 Å². The van der Waals surface area contributed by atoms with Crippen LogP contribution in [0.4, 0.5) is 0 Å². The molecule has 0 spiro atoms. The van der Waals surface area contributed by atoms with Gasteiger partial charge >= 0.3 is 0 Å². The Kier molecular flexibility index (Phi) is 1.35. The van der Waals surface area contributed by atoms with Gasteiger partial charge in [-0.15, -0.1) is 0 Å². The molecule has 1 aromatic rings. The fourth-order valence-corrected chi connectivity index (χ4v) is 2.88. The van der Waals surface area contributed by atoms with Crippen molar-refractivity contribution in [2.24, 2.45) is 0 Å². The Hall–Kier alpha value is -0.860. The van der Waals surface area contributed by atoms with E-state index in [0.29, 0.717) is 0 Å². The maximum Gasteiger partial charge on any atom is 0.0703 e. The number of aliphatic hydroxyl groups is 2. The highest BCUT2D eigenvalue weighted by atomic mass is 16.3. The van der Waals surface area contributed by atoms with Gasteiger partial charge in [0, 0.05) is 11.8 Å². The van der Waals surface area contributed by atoms with E-state index in [9.17, 15) is 10.2 Å². The third-order valence-electron chi connectivity index (χ3n) is 3.44. The first-order valence-electron chi connectivity index (χ1n) is 4.74. The van der Waals surface area contributed by atoms with Gasteiger partial charge in [-0.1, -0.05) is 24.3 Å². The molecule has 0 saturated heterocycles. The Bertz CT molecular complexity index is 348. The predicted octanol–water partition coefficient (Wildman–Crippen LogP) is 0.993. The lowest BCUT2D eigenvalue weighted by atomic mass is 9.90. The van der Waals surface area contributed by atoms with Crippen LogP contribution in [0.5, 0.6) is 0 Å². The molecule has 1 fully saturated rings. The highest BCUT2D eigenvalue weighted by Crippen LogP contribution is 2.52. The van der Waals surface area contributed by atoms with E-state index in [1.54, 1.807) is 0 Å². The van der Waals surface area contributed by atoms with Gasteiger partial charge in [0.25, 0.3) is 0 Å². The van der Waals surface area contributed by atoms with Crippen LogP contribution in [0.1, 0.15) is 29.4 Å². The lowest BCUT2D eigenvalue weighted by molar-refractivity contribution is 0.111. The van der Waals surface area contributed by atoms with E-state index in [4.69, 9.17) is 0 Å². The molecule has 0 unspecified atom stereocenters. The predicted molar refractivity (Wildman–Crippen MR) is 48.6 cm³/mol. The summed E-state index contributed by atoms with van der Waals surface area (Å²) in [7, 11) is 0. The first-order chi connectivity index (χ1) is 6.29. The lowest BCUT2D eigenvalue weighted by Gasteiger charge is -2.18. The van der Waals surface area contributed by atoms with E-state index in [1.807, 2.05) is 18.2 Å². The minimum atomic E-state index is -0.354. The van der Waals surface area contributed by atoms with Crippen LogP contribution in [0.3, 0.4) is 0 Å². The van der Waals surface area contributed by atoms with Gasteiger partial charge in [-0.05, 0) is 17.5 Å². The maximum absolute atomic E-state index is 9.86. The Morgan fingerprint density at radius 1 is 1.08 bits per heavy atom. The van der Waals surface area contributed by atoms with Gasteiger partial charge in [-0.25, -0.2) is 0 Å². The summed E-state index contributed by atoms with van der Waals surface area (Å²) in [4.78, 5) is 0. The summed E-state index contributed by atoms with van der Waals surface area (Å²) in [6.07, 6.45) is 0.0327. The average Bonchev–Trinajstić information content (AvgIpc) is 2.56. The number of hydrogen-bond acceptors (Lipinski definition) is 2. The van der Waals surface area contributed by atoms with Crippen LogP contribution < -0.4 is 0 Å². The molecule has 1 aromatic carbocycles. The van der Waals surface area contributed by atoms with Crippen molar-refractivity contribution in [3.8, 4) is 0 Å². The van der Waals surface area contributed by atoms with Crippen molar-refractivity contribution in [2.75, 3.05) is 0 Å². The summed E-state index contributed by atoms with van der Waals surface area (Å²) in [6, 6.07) is 8.05. The number of aliphatic hydroxyl groups excluding tert-OH is 2. The normalized spacial score (nSPS) is 40.8. The van der Waals surface area contributed by atoms with Crippen LogP contribution in [0.2, 0.25) is 0 Å². The highest BCUT2D eigenvalue weighted by molar-refractivity contribution is 5.44. The molecule has 0 amide bonds. The van der Waals surface area contributed by atoms with Crippen LogP contribution in [-0.2, 0) is 0 Å². The summed E-state index contributed by atoms with van der Waals surface area (Å²) in [5, 5.41) is 19.5. The first-order valence-corrected chi connectivity index (χ1v) is 4.74. The van der Waals surface area contributed by atoms with Gasteiger partial charge in [-0.2, -0.15) is 0 Å². The van der Waals surface area contributed by atoms with E-state index in [0.717, 1.165) is 12.0 Å². The molecule has 0 heterocycles. The fraction of sp³-hybridized carbons (Fsp3) is 0.455. The Balaban J connectivity index is 2.18. The molecular formula is C11H12O2. The van der Waals surface area contributed by atoms with Crippen LogP contribution in [0.15, 0.2) is 24.3 Å². The van der Waals surface area contributed by atoms with Crippen molar-refractivity contribution < 1.29 is 10.2 Å². The van der Waals surface area contributed by atoms with Gasteiger partial charge in [0.05, 0.1) is 12.2 Å². The summed E-state index contributed by atoms with van der Waals surface area (Å²) >= 11 is 0. The molecule has 68 valence electrons. The number of benzene rings is 1. The Labute approximate surface area is 76.8 Å². The van der Waals surface area contributed by atoms with Crippen molar-refractivity contribution in [1.29, 1.82) is 0 Å². The van der Waals surface area contributed by atoms with E-state index < -0.39 is 0 Å². The molecule has 1 saturated carbocycles. The van der Waals surface area contributed by atoms with Crippen molar-refractivity contribution in [1.82, 2.24) is 0 Å². The molecule has 13 heavy (non-hydrogen) atoms. The largest absolute Gasteiger partial charge is 0.392 e. The minimum Gasteiger partial charge on any atom is -0.392 e. The van der Waals surface area contributed by atoms with Crippen molar-refractivity contribution >= 4 is 0 Å². The van der Waals surface area contributed by atoms with Gasteiger partial charge in [0.2, 0.25) is 0 Å². The first kappa shape index (κ1) is 7.54. The van der Waals surface area contributed by atoms with Gasteiger partial charge in [0.1, 0.15) is 0 Å². The molecule has 0 aromatic heterocycles.